The summed E-state index contributed by atoms with van der Waals surface area (Å²) in [4.78, 5) is 0. The molecule has 0 amide bonds. The molecule has 0 bridgehead atoms. The molecule has 78 valence electrons. The summed E-state index contributed by atoms with van der Waals surface area (Å²) in [7, 11) is 0. The molecule has 0 spiro atoms. The van der Waals surface area contributed by atoms with E-state index in [4.69, 9.17) is 23.2 Å². The average Bonchev–Trinajstić information content (AvgIpc) is 2.27. The third kappa shape index (κ3) is 2.90. The minimum Gasteiger partial charge on any atom is -0.126 e. The number of hydrogen-bond donors (Lipinski definition) is 0. The van der Waals surface area contributed by atoms with Crippen LogP contribution in [0.25, 0.3) is 0 Å². The maximum absolute atomic E-state index is 5.83. The topological polar surface area (TPSA) is 0 Å². The fourth-order valence-corrected chi connectivity index (χ4v) is 1.71. The van der Waals surface area contributed by atoms with Gasteiger partial charge in [-0.2, -0.15) is 0 Å². The third-order valence-corrected chi connectivity index (χ3v) is 3.44. The van der Waals surface area contributed by atoms with E-state index in [0.29, 0.717) is 23.6 Å². The molecule has 1 aromatic rings. The molecule has 2 unspecified atom stereocenters. The summed E-state index contributed by atoms with van der Waals surface area (Å²) < 4.78 is 0. The van der Waals surface area contributed by atoms with Crippen molar-refractivity contribution in [2.75, 3.05) is 11.8 Å². The van der Waals surface area contributed by atoms with Gasteiger partial charge in [-0.25, -0.2) is 0 Å². The summed E-state index contributed by atoms with van der Waals surface area (Å²) in [6.45, 7) is 4.27. The maximum atomic E-state index is 5.83. The number of alkyl halides is 2. The quantitative estimate of drug-likeness (QED) is 0.675. The van der Waals surface area contributed by atoms with Gasteiger partial charge in [0.15, 0.2) is 0 Å². The lowest BCUT2D eigenvalue weighted by atomic mass is 9.96. The fourth-order valence-electron chi connectivity index (χ4n) is 1.35. The van der Waals surface area contributed by atoms with Crippen molar-refractivity contribution < 1.29 is 0 Å². The monoisotopic (exact) mass is 230 g/mol. The number of halogens is 2. The van der Waals surface area contributed by atoms with E-state index in [2.05, 4.69) is 38.1 Å². The van der Waals surface area contributed by atoms with Crippen LogP contribution in [0.3, 0.4) is 0 Å². The van der Waals surface area contributed by atoms with E-state index in [1.54, 1.807) is 0 Å². The summed E-state index contributed by atoms with van der Waals surface area (Å²) in [6, 6.07) is 8.53. The minimum absolute atomic E-state index is 0.416. The summed E-state index contributed by atoms with van der Waals surface area (Å²) in [5, 5.41) is 0. The van der Waals surface area contributed by atoms with Gasteiger partial charge < -0.3 is 0 Å². The normalized spacial score (nSPS) is 15.1. The zero-order valence-electron chi connectivity index (χ0n) is 8.63. The van der Waals surface area contributed by atoms with E-state index in [0.717, 1.165) is 0 Å². The highest BCUT2D eigenvalue weighted by atomic mass is 35.5. The smallest absolute Gasteiger partial charge is 0.0289 e. The van der Waals surface area contributed by atoms with Crippen LogP contribution >= 0.6 is 23.2 Å². The van der Waals surface area contributed by atoms with Gasteiger partial charge in [0.25, 0.3) is 0 Å². The first-order valence-corrected chi connectivity index (χ1v) is 5.97. The zero-order valence-corrected chi connectivity index (χ0v) is 10.1. The summed E-state index contributed by atoms with van der Waals surface area (Å²) in [5.41, 5.74) is 2.60. The van der Waals surface area contributed by atoms with Crippen LogP contribution in [0.1, 0.15) is 36.8 Å². The van der Waals surface area contributed by atoms with Gasteiger partial charge in [-0.05, 0) is 23.0 Å². The van der Waals surface area contributed by atoms with Gasteiger partial charge in [-0.15, -0.1) is 23.2 Å². The Labute approximate surface area is 96.2 Å². The summed E-state index contributed by atoms with van der Waals surface area (Å²) >= 11 is 11.7. The van der Waals surface area contributed by atoms with Crippen molar-refractivity contribution in [2.24, 2.45) is 0 Å². The van der Waals surface area contributed by atoms with Crippen molar-refractivity contribution in [3.05, 3.63) is 35.4 Å². The lowest BCUT2D eigenvalue weighted by molar-refractivity contribution is 0.842. The fraction of sp³-hybridized carbons (Fsp3) is 0.500. The molecule has 0 saturated heterocycles. The van der Waals surface area contributed by atoms with Gasteiger partial charge in [0.05, 0.1) is 0 Å². The first-order valence-electron chi connectivity index (χ1n) is 4.90. The summed E-state index contributed by atoms with van der Waals surface area (Å²) in [5.74, 6) is 2.16. The first kappa shape index (κ1) is 11.9. The molecule has 0 fully saturated rings. The van der Waals surface area contributed by atoms with Crippen molar-refractivity contribution in [3.63, 3.8) is 0 Å². The zero-order chi connectivity index (χ0) is 10.6. The highest BCUT2D eigenvalue weighted by molar-refractivity contribution is 6.18. The van der Waals surface area contributed by atoms with Gasteiger partial charge in [0.1, 0.15) is 0 Å². The van der Waals surface area contributed by atoms with Crippen LogP contribution in [0.15, 0.2) is 24.3 Å². The van der Waals surface area contributed by atoms with Crippen LogP contribution < -0.4 is 0 Å². The van der Waals surface area contributed by atoms with Crippen molar-refractivity contribution >= 4 is 23.2 Å². The Morgan fingerprint density at radius 3 is 1.79 bits per heavy atom. The summed E-state index contributed by atoms with van der Waals surface area (Å²) in [6.07, 6.45) is 0. The molecular weight excluding hydrogens is 215 g/mol. The predicted octanol–water partition coefficient (Wildman–Crippen LogP) is 4.37. The lowest BCUT2D eigenvalue weighted by Crippen LogP contribution is -1.99. The molecule has 0 N–H and O–H groups in total. The second-order valence-electron chi connectivity index (χ2n) is 3.78. The van der Waals surface area contributed by atoms with E-state index >= 15 is 0 Å². The molecule has 0 radical (unpaired) electrons. The molecule has 0 aliphatic heterocycles. The Morgan fingerprint density at radius 2 is 1.43 bits per heavy atom. The van der Waals surface area contributed by atoms with Gasteiger partial charge in [-0.1, -0.05) is 38.1 Å². The number of hydrogen-bond acceptors (Lipinski definition) is 0. The Kier molecular flexibility index (Phi) is 4.77. The van der Waals surface area contributed by atoms with Crippen LogP contribution in [0.4, 0.5) is 0 Å². The second kappa shape index (κ2) is 5.63. The van der Waals surface area contributed by atoms with Crippen LogP contribution in [-0.4, -0.2) is 11.8 Å². The number of benzene rings is 1. The standard InChI is InChI=1S/C12H16Cl2/c1-9(7-13)11-4-3-5-12(6-11)10(2)8-14/h3-6,9-10H,7-8H2,1-2H3. The van der Waals surface area contributed by atoms with Gasteiger partial charge in [0, 0.05) is 11.8 Å². The Morgan fingerprint density at radius 1 is 1.00 bits per heavy atom. The van der Waals surface area contributed by atoms with Crippen molar-refractivity contribution in [2.45, 2.75) is 25.7 Å². The van der Waals surface area contributed by atoms with Crippen LogP contribution in [0, 0.1) is 0 Å². The molecule has 2 heteroatoms. The van der Waals surface area contributed by atoms with Gasteiger partial charge in [-0.3, -0.25) is 0 Å². The molecule has 2 atom stereocenters. The van der Waals surface area contributed by atoms with E-state index in [1.807, 2.05) is 0 Å². The molecule has 0 heterocycles. The van der Waals surface area contributed by atoms with Crippen molar-refractivity contribution in [1.29, 1.82) is 0 Å². The largest absolute Gasteiger partial charge is 0.126 e. The molecule has 0 aliphatic carbocycles. The Balaban J connectivity index is 2.89. The van der Waals surface area contributed by atoms with Crippen molar-refractivity contribution in [1.82, 2.24) is 0 Å². The van der Waals surface area contributed by atoms with E-state index in [-0.39, 0.29) is 0 Å². The molecule has 14 heavy (non-hydrogen) atoms. The SMILES string of the molecule is CC(CCl)c1cccc(C(C)CCl)c1. The minimum atomic E-state index is 0.416. The predicted molar refractivity (Wildman–Crippen MR) is 64.7 cm³/mol. The van der Waals surface area contributed by atoms with Crippen LogP contribution in [0.2, 0.25) is 0 Å². The van der Waals surface area contributed by atoms with Gasteiger partial charge >= 0.3 is 0 Å². The second-order valence-corrected chi connectivity index (χ2v) is 4.40. The third-order valence-electron chi connectivity index (χ3n) is 2.51. The maximum Gasteiger partial charge on any atom is 0.0289 e. The molecule has 1 aromatic carbocycles. The van der Waals surface area contributed by atoms with E-state index in [9.17, 15) is 0 Å². The molecular formula is C12H16Cl2. The molecule has 0 aromatic heterocycles. The highest BCUT2D eigenvalue weighted by Crippen LogP contribution is 2.22. The number of rotatable bonds is 4. The Bertz CT molecular complexity index is 258. The first-order chi connectivity index (χ1) is 6.69. The molecule has 0 aliphatic rings. The van der Waals surface area contributed by atoms with Crippen molar-refractivity contribution in [3.8, 4) is 0 Å². The molecule has 1 rings (SSSR count). The van der Waals surface area contributed by atoms with Gasteiger partial charge in [0.2, 0.25) is 0 Å². The lowest BCUT2D eigenvalue weighted by Gasteiger charge is -2.12. The average molecular weight is 231 g/mol. The van der Waals surface area contributed by atoms with Crippen LogP contribution in [-0.2, 0) is 0 Å². The highest BCUT2D eigenvalue weighted by Gasteiger charge is 2.07. The van der Waals surface area contributed by atoms with Crippen LogP contribution in [0.5, 0.6) is 0 Å². The van der Waals surface area contributed by atoms with E-state index < -0.39 is 0 Å². The molecule has 0 nitrogen and oxygen atoms in total. The Hall–Kier alpha value is -0.200. The van der Waals surface area contributed by atoms with E-state index in [1.165, 1.54) is 11.1 Å². The molecule has 0 saturated carbocycles.